The lowest BCUT2D eigenvalue weighted by atomic mass is 9.81. The van der Waals surface area contributed by atoms with Crippen LogP contribution in [-0.4, -0.2) is 61.8 Å². The van der Waals surface area contributed by atoms with Crippen LogP contribution in [0, 0.1) is 23.7 Å². The van der Waals surface area contributed by atoms with Gasteiger partial charge in [0, 0.05) is 31.7 Å². The van der Waals surface area contributed by atoms with Crippen LogP contribution < -0.4 is 16.1 Å². The predicted molar refractivity (Wildman–Crippen MR) is 131 cm³/mol. The molecule has 2 aliphatic carbocycles. The van der Waals surface area contributed by atoms with Gasteiger partial charge in [-0.3, -0.25) is 14.5 Å². The summed E-state index contributed by atoms with van der Waals surface area (Å²) in [5, 5.41) is 13.5. The fourth-order valence-electron chi connectivity index (χ4n) is 5.88. The Balaban J connectivity index is 1.23. The number of hydroxylamine groups is 1. The van der Waals surface area contributed by atoms with Gasteiger partial charge in [-0.25, -0.2) is 23.3 Å². The number of alkyl halides is 5. The van der Waals surface area contributed by atoms with Crippen molar-refractivity contribution in [1.29, 1.82) is 0 Å². The molecule has 16 heteroatoms. The lowest BCUT2D eigenvalue weighted by Gasteiger charge is -2.33. The third-order valence-corrected chi connectivity index (χ3v) is 8.42. The zero-order valence-electron chi connectivity index (χ0n) is 21.8. The molecule has 2 aliphatic heterocycles. The molecule has 3 N–H and O–H groups in total. The van der Waals surface area contributed by atoms with Crippen molar-refractivity contribution in [3.05, 3.63) is 23.8 Å². The summed E-state index contributed by atoms with van der Waals surface area (Å²) in [5.41, 5.74) is 3.56. The topological polar surface area (TPSA) is 135 Å². The number of carbonyl (C=O) groups excluding carboxylic acids is 2. The van der Waals surface area contributed by atoms with Crippen LogP contribution in [-0.2, 0) is 20.9 Å². The number of hydrogen-bond donors (Lipinski definition) is 3. The highest BCUT2D eigenvalue weighted by atomic mass is 19.4. The normalized spacial score (nSPS) is 27.7. The van der Waals surface area contributed by atoms with Gasteiger partial charge in [-0.15, -0.1) is 5.48 Å². The van der Waals surface area contributed by atoms with Crippen LogP contribution in [0.15, 0.2) is 17.5 Å². The number of hydrogen-bond acceptors (Lipinski definition) is 8. The molecule has 4 heterocycles. The molecular weight excluding hydrogens is 555 g/mol. The standard InChI is InChI=1S/C25H29F5N8O3/c26-24(27)5-3-13(4-6-24)18(34-22(40)20-19(12-1-2-12)36-41-37-20)17-11-38-23(33-17)32-10-16(35-38)8-14-7-15(25(28,29)30)9-31-21(14)39/h10-15,18-19,36H,1-9H2,(H,31,39)(H,34,40). The minimum Gasteiger partial charge on any atom is -0.355 e. The smallest absolute Gasteiger partial charge is 0.355 e. The average molecular weight is 585 g/mol. The van der Waals surface area contributed by atoms with Gasteiger partial charge in [0.25, 0.3) is 11.7 Å². The van der Waals surface area contributed by atoms with Gasteiger partial charge in [-0.1, -0.05) is 5.16 Å². The molecule has 11 nitrogen and oxygen atoms in total. The maximum absolute atomic E-state index is 14.0. The van der Waals surface area contributed by atoms with Crippen molar-refractivity contribution in [3.8, 4) is 0 Å². The molecule has 0 bridgehead atoms. The second-order valence-corrected chi connectivity index (χ2v) is 11.4. The zero-order valence-corrected chi connectivity index (χ0v) is 21.8. The fraction of sp³-hybridized carbons (Fsp3) is 0.680. The van der Waals surface area contributed by atoms with Crippen molar-refractivity contribution in [2.45, 2.75) is 75.5 Å². The van der Waals surface area contributed by atoms with E-state index >= 15 is 0 Å². The zero-order chi connectivity index (χ0) is 28.9. The molecule has 0 aromatic carbocycles. The van der Waals surface area contributed by atoms with E-state index in [1.165, 1.54) is 16.9 Å². The maximum Gasteiger partial charge on any atom is 0.393 e. The highest BCUT2D eigenvalue weighted by Gasteiger charge is 2.46. The number of nitrogens with zero attached hydrogens (tertiary/aromatic N) is 5. The van der Waals surface area contributed by atoms with Crippen molar-refractivity contribution in [2.75, 3.05) is 6.54 Å². The van der Waals surface area contributed by atoms with E-state index in [-0.39, 0.29) is 73.6 Å². The Hall–Kier alpha value is -3.43. The number of piperidine rings is 1. The summed E-state index contributed by atoms with van der Waals surface area (Å²) in [6.45, 7) is -0.454. The summed E-state index contributed by atoms with van der Waals surface area (Å²) in [7, 11) is 0. The van der Waals surface area contributed by atoms with E-state index < -0.39 is 48.3 Å². The van der Waals surface area contributed by atoms with Crippen LogP contribution >= 0.6 is 0 Å². The molecule has 2 aromatic rings. The number of oxime groups is 1. The number of rotatable bonds is 7. The van der Waals surface area contributed by atoms with Crippen molar-refractivity contribution in [3.63, 3.8) is 0 Å². The number of halogens is 5. The highest BCUT2D eigenvalue weighted by Crippen LogP contribution is 2.42. The van der Waals surface area contributed by atoms with Gasteiger partial charge in [0.2, 0.25) is 11.8 Å². The first-order valence-electron chi connectivity index (χ1n) is 13.7. The first-order chi connectivity index (χ1) is 19.5. The summed E-state index contributed by atoms with van der Waals surface area (Å²) < 4.78 is 68.9. The molecule has 6 rings (SSSR count). The van der Waals surface area contributed by atoms with Crippen LogP contribution in [0.4, 0.5) is 22.0 Å². The number of carbonyl (C=O) groups is 2. The van der Waals surface area contributed by atoms with E-state index in [0.29, 0.717) is 5.69 Å². The third kappa shape index (κ3) is 5.97. The van der Waals surface area contributed by atoms with Gasteiger partial charge >= 0.3 is 6.18 Å². The first kappa shape index (κ1) is 27.7. The van der Waals surface area contributed by atoms with Crippen molar-refractivity contribution < 1.29 is 36.5 Å². The molecular formula is C25H29F5N8O3. The molecule has 0 radical (unpaired) electrons. The van der Waals surface area contributed by atoms with Gasteiger partial charge in [-0.05, 0) is 43.9 Å². The quantitative estimate of drug-likeness (QED) is 0.426. The van der Waals surface area contributed by atoms with E-state index in [4.69, 9.17) is 4.94 Å². The molecule has 3 fully saturated rings. The van der Waals surface area contributed by atoms with Gasteiger partial charge in [-0.2, -0.15) is 18.3 Å². The summed E-state index contributed by atoms with van der Waals surface area (Å²) >= 11 is 0. The van der Waals surface area contributed by atoms with Gasteiger partial charge in [0.1, 0.15) is 0 Å². The van der Waals surface area contributed by atoms with Crippen molar-refractivity contribution in [2.24, 2.45) is 28.8 Å². The van der Waals surface area contributed by atoms with Crippen molar-refractivity contribution in [1.82, 2.24) is 35.7 Å². The number of fused-ring (bicyclic) bond motifs is 1. The summed E-state index contributed by atoms with van der Waals surface area (Å²) in [4.78, 5) is 39.2. The Kier molecular flexibility index (Phi) is 7.06. The Morgan fingerprint density at radius 1 is 1.22 bits per heavy atom. The average Bonchev–Trinajstić information content (AvgIpc) is 3.48. The third-order valence-electron chi connectivity index (χ3n) is 8.42. The fourth-order valence-corrected chi connectivity index (χ4v) is 5.88. The van der Waals surface area contributed by atoms with E-state index in [1.807, 2.05) is 0 Å². The Morgan fingerprint density at radius 2 is 1.98 bits per heavy atom. The van der Waals surface area contributed by atoms with Gasteiger partial charge in [0.05, 0.1) is 41.8 Å². The first-order valence-corrected chi connectivity index (χ1v) is 13.7. The number of aromatic nitrogens is 4. The van der Waals surface area contributed by atoms with Crippen LogP contribution in [0.2, 0.25) is 0 Å². The monoisotopic (exact) mass is 584 g/mol. The number of imidazole rings is 1. The van der Waals surface area contributed by atoms with Crippen LogP contribution in [0.1, 0.15) is 62.4 Å². The molecule has 222 valence electrons. The van der Waals surface area contributed by atoms with E-state index in [9.17, 15) is 31.5 Å². The van der Waals surface area contributed by atoms with Crippen LogP contribution in [0.5, 0.6) is 0 Å². The van der Waals surface area contributed by atoms with E-state index in [1.54, 1.807) is 0 Å². The largest absolute Gasteiger partial charge is 0.393 e. The van der Waals surface area contributed by atoms with Crippen LogP contribution in [0.25, 0.3) is 5.78 Å². The summed E-state index contributed by atoms with van der Waals surface area (Å²) in [5.74, 6) is -6.27. The Morgan fingerprint density at radius 3 is 2.68 bits per heavy atom. The van der Waals surface area contributed by atoms with E-state index in [0.717, 1.165) is 12.8 Å². The van der Waals surface area contributed by atoms with Crippen molar-refractivity contribution >= 4 is 23.3 Å². The molecule has 1 saturated heterocycles. The molecule has 4 aliphatic rings. The predicted octanol–water partition coefficient (Wildman–Crippen LogP) is 2.63. The summed E-state index contributed by atoms with van der Waals surface area (Å²) in [6.07, 6.45) is -0.433. The second-order valence-electron chi connectivity index (χ2n) is 11.4. The lowest BCUT2D eigenvalue weighted by Crippen LogP contribution is -2.47. The second kappa shape index (κ2) is 10.4. The molecule has 2 saturated carbocycles. The minimum absolute atomic E-state index is 0.0535. The Labute approximate surface area is 230 Å². The molecule has 4 atom stereocenters. The van der Waals surface area contributed by atoms with Gasteiger partial charge < -0.3 is 10.6 Å². The number of nitrogens with one attached hydrogen (secondary N) is 3. The number of amides is 2. The highest BCUT2D eigenvalue weighted by molar-refractivity contribution is 6.41. The lowest BCUT2D eigenvalue weighted by molar-refractivity contribution is -0.183. The molecule has 41 heavy (non-hydrogen) atoms. The SMILES string of the molecule is O=C(NC(c1cn2nc(CC3CC(C(F)(F)F)CNC3=O)cnc2n1)C1CCC(F)(F)CC1)C1=NONC1C1CC1. The van der Waals surface area contributed by atoms with E-state index in [2.05, 4.69) is 36.3 Å². The van der Waals surface area contributed by atoms with Gasteiger partial charge in [0.15, 0.2) is 5.71 Å². The van der Waals surface area contributed by atoms with Crippen LogP contribution in [0.3, 0.4) is 0 Å². The molecule has 0 spiro atoms. The minimum atomic E-state index is -4.42. The molecule has 4 unspecified atom stereocenters. The Bertz CT molecular complexity index is 1350. The summed E-state index contributed by atoms with van der Waals surface area (Å²) in [6, 6.07) is -1.10. The maximum atomic E-state index is 14.0. The molecule has 2 aromatic heterocycles. The molecule has 2 amide bonds.